The van der Waals surface area contributed by atoms with Crippen molar-refractivity contribution in [1.29, 1.82) is 0 Å². The molecule has 4 nitrogen and oxygen atoms in total. The predicted molar refractivity (Wildman–Crippen MR) is 94.5 cm³/mol. The molecule has 2 fully saturated rings. The lowest BCUT2D eigenvalue weighted by atomic mass is 10.0. The molecule has 0 spiro atoms. The Morgan fingerprint density at radius 1 is 0.958 bits per heavy atom. The van der Waals surface area contributed by atoms with Crippen LogP contribution in [0.15, 0.2) is 30.3 Å². The van der Waals surface area contributed by atoms with E-state index < -0.39 is 5.41 Å². The van der Waals surface area contributed by atoms with Gasteiger partial charge in [0.15, 0.2) is 0 Å². The smallest absolute Gasteiger partial charge is 0.235 e. The normalized spacial score (nSPS) is 20.0. The minimum absolute atomic E-state index is 0.0494. The number of nitrogens with one attached hydrogen (secondary N) is 2. The number of hydrogen-bond donors (Lipinski definition) is 2. The summed E-state index contributed by atoms with van der Waals surface area (Å²) in [6.45, 7) is 0.585. The molecule has 0 heterocycles. The zero-order valence-electron chi connectivity index (χ0n) is 14.4. The zero-order chi connectivity index (χ0) is 16.8. The van der Waals surface area contributed by atoms with Crippen molar-refractivity contribution in [3.05, 3.63) is 35.9 Å². The van der Waals surface area contributed by atoms with Crippen molar-refractivity contribution in [2.24, 2.45) is 5.41 Å². The van der Waals surface area contributed by atoms with Crippen molar-refractivity contribution in [2.75, 3.05) is 6.54 Å². The molecule has 24 heavy (non-hydrogen) atoms. The summed E-state index contributed by atoms with van der Waals surface area (Å²) in [5.41, 5.74) is 0.411. The Hall–Kier alpha value is -1.84. The predicted octanol–water partition coefficient (Wildman–Crippen LogP) is 2.96. The summed E-state index contributed by atoms with van der Waals surface area (Å²) >= 11 is 0. The fourth-order valence-electron chi connectivity index (χ4n) is 3.56. The van der Waals surface area contributed by atoms with Crippen LogP contribution in [0.5, 0.6) is 0 Å². The number of rotatable bonds is 6. The van der Waals surface area contributed by atoms with E-state index in [1.165, 1.54) is 31.2 Å². The van der Waals surface area contributed by atoms with Crippen LogP contribution in [0.25, 0.3) is 0 Å². The Balaban J connectivity index is 1.47. The van der Waals surface area contributed by atoms with Crippen molar-refractivity contribution < 1.29 is 9.59 Å². The van der Waals surface area contributed by atoms with Crippen LogP contribution in [0.3, 0.4) is 0 Å². The van der Waals surface area contributed by atoms with E-state index in [4.69, 9.17) is 0 Å². The molecule has 0 unspecified atom stereocenters. The molecule has 0 aliphatic heterocycles. The zero-order valence-corrected chi connectivity index (χ0v) is 14.4. The lowest BCUT2D eigenvalue weighted by molar-refractivity contribution is -0.137. The van der Waals surface area contributed by atoms with E-state index in [0.29, 0.717) is 19.4 Å². The van der Waals surface area contributed by atoms with Crippen LogP contribution in [0.1, 0.15) is 56.9 Å². The summed E-state index contributed by atoms with van der Waals surface area (Å²) in [6, 6.07) is 10.4. The van der Waals surface area contributed by atoms with Gasteiger partial charge in [0.05, 0.1) is 0 Å². The van der Waals surface area contributed by atoms with E-state index in [0.717, 1.165) is 19.3 Å². The fraction of sp³-hybridized carbons (Fsp3) is 0.600. The number of hydrogen-bond acceptors (Lipinski definition) is 2. The molecule has 0 atom stereocenters. The Labute approximate surface area is 144 Å². The molecule has 0 saturated heterocycles. The van der Waals surface area contributed by atoms with Gasteiger partial charge in [0.1, 0.15) is 5.41 Å². The Bertz CT molecular complexity index is 558. The maximum Gasteiger partial charge on any atom is 0.235 e. The van der Waals surface area contributed by atoms with Gasteiger partial charge in [-0.3, -0.25) is 9.59 Å². The molecule has 0 aromatic heterocycles. The van der Waals surface area contributed by atoms with Crippen LogP contribution >= 0.6 is 0 Å². The highest BCUT2D eigenvalue weighted by Gasteiger charge is 2.56. The third kappa shape index (κ3) is 4.16. The highest BCUT2D eigenvalue weighted by Crippen LogP contribution is 2.46. The Kier molecular flexibility index (Phi) is 5.54. The molecule has 4 heteroatoms. The number of amides is 2. The maximum absolute atomic E-state index is 12.6. The van der Waals surface area contributed by atoms with Crippen molar-refractivity contribution >= 4 is 11.8 Å². The first kappa shape index (κ1) is 17.0. The van der Waals surface area contributed by atoms with Crippen LogP contribution in [-0.4, -0.2) is 24.4 Å². The summed E-state index contributed by atoms with van der Waals surface area (Å²) in [4.78, 5) is 25.1. The lowest BCUT2D eigenvalue weighted by Crippen LogP contribution is -2.46. The summed E-state index contributed by atoms with van der Waals surface area (Å²) in [6.07, 6.45) is 9.16. The van der Waals surface area contributed by atoms with Crippen LogP contribution in [0.4, 0.5) is 0 Å². The van der Waals surface area contributed by atoms with E-state index >= 15 is 0 Å². The van der Waals surface area contributed by atoms with Crippen LogP contribution in [0, 0.1) is 5.41 Å². The Morgan fingerprint density at radius 3 is 2.25 bits per heavy atom. The first-order valence-corrected chi connectivity index (χ1v) is 9.34. The van der Waals surface area contributed by atoms with E-state index in [-0.39, 0.29) is 17.9 Å². The molecular weight excluding hydrogens is 300 g/mol. The van der Waals surface area contributed by atoms with Crippen molar-refractivity contribution in [3.8, 4) is 0 Å². The van der Waals surface area contributed by atoms with Crippen LogP contribution < -0.4 is 10.6 Å². The van der Waals surface area contributed by atoms with Gasteiger partial charge in [-0.15, -0.1) is 0 Å². The first-order chi connectivity index (χ1) is 11.7. The summed E-state index contributed by atoms with van der Waals surface area (Å²) in [5, 5.41) is 6.12. The molecule has 1 aromatic carbocycles. The molecule has 130 valence electrons. The molecule has 3 rings (SSSR count). The maximum atomic E-state index is 12.6. The summed E-state index contributed by atoms with van der Waals surface area (Å²) in [5.74, 6) is -0.142. The first-order valence-electron chi connectivity index (χ1n) is 9.34. The van der Waals surface area contributed by atoms with Gasteiger partial charge in [-0.25, -0.2) is 0 Å². The molecule has 2 aliphatic rings. The second-order valence-electron chi connectivity index (χ2n) is 7.24. The molecular formula is C20H28N2O2. The van der Waals surface area contributed by atoms with Gasteiger partial charge in [0, 0.05) is 12.6 Å². The topological polar surface area (TPSA) is 58.2 Å². The average molecular weight is 328 g/mol. The second kappa shape index (κ2) is 7.82. The average Bonchev–Trinajstić information content (AvgIpc) is 3.41. The highest BCUT2D eigenvalue weighted by molar-refractivity contribution is 6.07. The van der Waals surface area contributed by atoms with E-state index in [1.54, 1.807) is 0 Å². The van der Waals surface area contributed by atoms with Crippen molar-refractivity contribution in [2.45, 2.75) is 63.8 Å². The second-order valence-corrected chi connectivity index (χ2v) is 7.24. The minimum atomic E-state index is -0.789. The van der Waals surface area contributed by atoms with Gasteiger partial charge < -0.3 is 10.6 Å². The fourth-order valence-corrected chi connectivity index (χ4v) is 3.56. The monoisotopic (exact) mass is 328 g/mol. The number of carbonyl (C=O) groups is 2. The number of carbonyl (C=O) groups excluding carboxylic acids is 2. The Morgan fingerprint density at radius 2 is 1.62 bits per heavy atom. The molecule has 0 bridgehead atoms. The third-order valence-electron chi connectivity index (χ3n) is 5.35. The van der Waals surface area contributed by atoms with Gasteiger partial charge >= 0.3 is 0 Å². The van der Waals surface area contributed by atoms with Gasteiger partial charge in [0.2, 0.25) is 11.8 Å². The van der Waals surface area contributed by atoms with Crippen molar-refractivity contribution in [3.63, 3.8) is 0 Å². The van der Waals surface area contributed by atoms with E-state index in [9.17, 15) is 9.59 Å². The summed E-state index contributed by atoms with van der Waals surface area (Å²) < 4.78 is 0. The lowest BCUT2D eigenvalue weighted by Gasteiger charge is -2.21. The molecule has 2 N–H and O–H groups in total. The minimum Gasteiger partial charge on any atom is -0.355 e. The molecule has 2 amide bonds. The molecule has 2 aliphatic carbocycles. The van der Waals surface area contributed by atoms with Crippen LogP contribution in [-0.2, 0) is 16.0 Å². The van der Waals surface area contributed by atoms with Crippen molar-refractivity contribution in [1.82, 2.24) is 10.6 Å². The van der Waals surface area contributed by atoms with Gasteiger partial charge in [-0.2, -0.15) is 0 Å². The number of benzene rings is 1. The molecule has 2 saturated carbocycles. The molecule has 1 aromatic rings. The third-order valence-corrected chi connectivity index (χ3v) is 5.35. The highest BCUT2D eigenvalue weighted by atomic mass is 16.2. The van der Waals surface area contributed by atoms with E-state index in [2.05, 4.69) is 22.8 Å². The van der Waals surface area contributed by atoms with Crippen LogP contribution in [0.2, 0.25) is 0 Å². The van der Waals surface area contributed by atoms with Gasteiger partial charge in [0.25, 0.3) is 0 Å². The largest absolute Gasteiger partial charge is 0.355 e. The van der Waals surface area contributed by atoms with E-state index in [1.807, 2.05) is 18.2 Å². The quantitative estimate of drug-likeness (QED) is 0.623. The summed E-state index contributed by atoms with van der Waals surface area (Å²) in [7, 11) is 0. The standard InChI is InChI=1S/C20H28N2O2/c23-18(21-15-12-16-8-4-3-5-9-16)20(13-14-20)19(24)22-17-10-6-1-2-7-11-17/h3-5,8-9,17H,1-2,6-7,10-15H2,(H,21,23)(H,22,24). The van der Waals surface area contributed by atoms with Gasteiger partial charge in [-0.05, 0) is 37.7 Å². The molecule has 0 radical (unpaired) electrons. The van der Waals surface area contributed by atoms with Gasteiger partial charge in [-0.1, -0.05) is 56.0 Å². The SMILES string of the molecule is O=C(NCCc1ccccc1)C1(C(=O)NC2CCCCCC2)CC1.